The maximum atomic E-state index is 13.0. The molecule has 204 valence electrons. The molecule has 3 aromatic rings. The summed E-state index contributed by atoms with van der Waals surface area (Å²) < 4.78 is 57.9. The van der Waals surface area contributed by atoms with E-state index in [9.17, 15) is 21.6 Å². The summed E-state index contributed by atoms with van der Waals surface area (Å²) in [5, 5.41) is 2.81. The molecule has 1 saturated heterocycles. The van der Waals surface area contributed by atoms with Crippen molar-refractivity contribution in [1.29, 1.82) is 0 Å². The molecule has 0 radical (unpaired) electrons. The molecule has 1 atom stereocenters. The van der Waals surface area contributed by atoms with Gasteiger partial charge in [0.25, 0.3) is 5.91 Å². The minimum absolute atomic E-state index is 0.122. The zero-order valence-corrected chi connectivity index (χ0v) is 23.5. The van der Waals surface area contributed by atoms with Crippen molar-refractivity contribution in [2.75, 3.05) is 29.9 Å². The Kier molecular flexibility index (Phi) is 7.02. The molecule has 11 heteroatoms. The summed E-state index contributed by atoms with van der Waals surface area (Å²) in [4.78, 5) is 17.7. The normalized spacial score (nSPS) is 19.1. The molecule has 1 unspecified atom stereocenters. The lowest BCUT2D eigenvalue weighted by molar-refractivity contribution is 0.0964. The summed E-state index contributed by atoms with van der Waals surface area (Å²) >= 11 is 0. The topological polar surface area (TPSA) is 127 Å². The van der Waals surface area contributed by atoms with Crippen LogP contribution < -0.4 is 9.62 Å². The van der Waals surface area contributed by atoms with Crippen LogP contribution in [-0.4, -0.2) is 58.6 Å². The van der Waals surface area contributed by atoms with E-state index in [0.717, 1.165) is 35.8 Å². The van der Waals surface area contributed by atoms with Gasteiger partial charge in [0.1, 0.15) is 11.6 Å². The molecule has 1 saturated carbocycles. The maximum Gasteiger partial charge on any atom is 0.255 e. The third-order valence-electron chi connectivity index (χ3n) is 7.46. The van der Waals surface area contributed by atoms with Crippen molar-refractivity contribution in [3.63, 3.8) is 0 Å². The second-order valence-electron chi connectivity index (χ2n) is 10.4. The van der Waals surface area contributed by atoms with E-state index in [-0.39, 0.29) is 29.8 Å². The van der Waals surface area contributed by atoms with E-state index >= 15 is 0 Å². The van der Waals surface area contributed by atoms with Gasteiger partial charge in [-0.1, -0.05) is 29.8 Å². The average molecular weight is 560 g/mol. The van der Waals surface area contributed by atoms with Crippen LogP contribution in [0.4, 0.5) is 5.82 Å². The minimum Gasteiger partial charge on any atom is -0.437 e. The fourth-order valence-electron chi connectivity index (χ4n) is 5.26. The van der Waals surface area contributed by atoms with Crippen LogP contribution in [0, 0.1) is 6.92 Å². The summed E-state index contributed by atoms with van der Waals surface area (Å²) in [6.07, 6.45) is 5.02. The van der Waals surface area contributed by atoms with Gasteiger partial charge < -0.3 is 9.73 Å². The Bertz CT molecular complexity index is 1590. The number of nitrogens with one attached hydrogen (secondary N) is 1. The number of benzene rings is 1. The van der Waals surface area contributed by atoms with Gasteiger partial charge in [-0.3, -0.25) is 9.10 Å². The molecule has 3 heterocycles. The number of hydrogen-bond donors (Lipinski definition) is 1. The fraction of sp³-hybridized carbons (Fsp3) is 0.481. The number of rotatable bonds is 9. The largest absolute Gasteiger partial charge is 0.437 e. The van der Waals surface area contributed by atoms with E-state index < -0.39 is 25.1 Å². The van der Waals surface area contributed by atoms with Gasteiger partial charge in [-0.25, -0.2) is 16.8 Å². The zero-order valence-electron chi connectivity index (χ0n) is 21.9. The number of carbonyl (C=O) groups is 1. The number of hydrogen-bond acceptors (Lipinski definition) is 7. The molecular weight excluding hydrogens is 526 g/mol. The van der Waals surface area contributed by atoms with Crippen molar-refractivity contribution in [1.82, 2.24) is 10.3 Å². The molecule has 1 amide bonds. The Morgan fingerprint density at radius 3 is 2.47 bits per heavy atom. The molecule has 1 aromatic carbocycles. The molecule has 2 aliphatic rings. The number of anilines is 1. The maximum absolute atomic E-state index is 13.0. The van der Waals surface area contributed by atoms with Crippen LogP contribution in [0.2, 0.25) is 0 Å². The lowest BCUT2D eigenvalue weighted by Crippen LogP contribution is -2.33. The molecule has 0 spiro atoms. The van der Waals surface area contributed by atoms with E-state index in [1.165, 1.54) is 4.31 Å². The van der Waals surface area contributed by atoms with Crippen molar-refractivity contribution in [2.24, 2.45) is 0 Å². The average Bonchev–Trinajstić information content (AvgIpc) is 3.56. The zero-order chi connectivity index (χ0) is 27.2. The predicted octanol–water partition coefficient (Wildman–Crippen LogP) is 4.16. The Morgan fingerprint density at radius 1 is 1.18 bits per heavy atom. The summed E-state index contributed by atoms with van der Waals surface area (Å²) in [5.74, 6) is 0.699. The number of fused-ring (bicyclic) bond motifs is 1. The van der Waals surface area contributed by atoms with E-state index in [4.69, 9.17) is 9.40 Å². The fourth-order valence-corrected chi connectivity index (χ4v) is 8.13. The minimum atomic E-state index is -3.72. The van der Waals surface area contributed by atoms with Crippen molar-refractivity contribution in [3.8, 4) is 11.3 Å². The quantitative estimate of drug-likeness (QED) is 0.417. The third-order valence-corrected chi connectivity index (χ3v) is 11.0. The number of pyridine rings is 1. The molecule has 5 rings (SSSR count). The van der Waals surface area contributed by atoms with Gasteiger partial charge in [-0.2, -0.15) is 4.98 Å². The number of aromatic nitrogens is 1. The first kappa shape index (κ1) is 26.7. The third kappa shape index (κ3) is 5.18. The summed E-state index contributed by atoms with van der Waals surface area (Å²) in [5.41, 5.74) is 3.10. The first-order valence-electron chi connectivity index (χ1n) is 13.0. The van der Waals surface area contributed by atoms with Crippen molar-refractivity contribution in [2.45, 2.75) is 56.6 Å². The number of aryl methyl sites for hydroxylation is 1. The van der Waals surface area contributed by atoms with Crippen molar-refractivity contribution < 1.29 is 26.0 Å². The first-order chi connectivity index (χ1) is 18.0. The van der Waals surface area contributed by atoms with Gasteiger partial charge in [-0.15, -0.1) is 0 Å². The van der Waals surface area contributed by atoms with Gasteiger partial charge in [-0.05, 0) is 63.0 Å². The highest BCUT2D eigenvalue weighted by atomic mass is 32.2. The highest BCUT2D eigenvalue weighted by molar-refractivity contribution is 7.92. The molecule has 2 aromatic heterocycles. The molecule has 38 heavy (non-hydrogen) atoms. The van der Waals surface area contributed by atoms with Gasteiger partial charge in [0.15, 0.2) is 9.84 Å². The Hall–Kier alpha value is -2.92. The smallest absolute Gasteiger partial charge is 0.255 e. The van der Waals surface area contributed by atoms with E-state index in [1.54, 1.807) is 7.05 Å². The van der Waals surface area contributed by atoms with Crippen molar-refractivity contribution >= 4 is 42.7 Å². The second-order valence-corrected chi connectivity index (χ2v) is 14.7. The molecule has 1 aliphatic heterocycles. The van der Waals surface area contributed by atoms with E-state index in [0.29, 0.717) is 48.2 Å². The molecule has 2 fully saturated rings. The first-order valence-corrected chi connectivity index (χ1v) is 16.5. The van der Waals surface area contributed by atoms with Crippen LogP contribution >= 0.6 is 0 Å². The monoisotopic (exact) mass is 559 g/mol. The lowest BCUT2D eigenvalue weighted by Gasteiger charge is -2.24. The van der Waals surface area contributed by atoms with Crippen LogP contribution in [0.3, 0.4) is 0 Å². The second kappa shape index (κ2) is 10.00. The number of nitrogens with zero attached hydrogens (tertiary/aromatic N) is 2. The summed E-state index contributed by atoms with van der Waals surface area (Å²) in [6.45, 7) is 2.09. The molecule has 9 nitrogen and oxygen atoms in total. The number of sulfonamides is 1. The Morgan fingerprint density at radius 2 is 1.89 bits per heavy atom. The lowest BCUT2D eigenvalue weighted by atomic mass is 10.0. The SMILES string of the molecule is CNC(=O)c1c(-c2ccc(C)cc2)oc2nc(N(CCCC3CCCS3(=O)=O)S(C)(=O)=O)c(C3CC3)cc12. The van der Waals surface area contributed by atoms with Crippen LogP contribution in [0.25, 0.3) is 22.4 Å². The summed E-state index contributed by atoms with van der Waals surface area (Å²) in [6, 6.07) is 9.46. The van der Waals surface area contributed by atoms with Crippen LogP contribution in [0.5, 0.6) is 0 Å². The van der Waals surface area contributed by atoms with Gasteiger partial charge in [0, 0.05) is 19.2 Å². The van der Waals surface area contributed by atoms with Gasteiger partial charge in [0.2, 0.25) is 15.7 Å². The molecular formula is C27H33N3O6S2. The van der Waals surface area contributed by atoms with Crippen LogP contribution in [0.1, 0.15) is 65.9 Å². The number of carbonyl (C=O) groups excluding carboxylic acids is 1. The number of sulfone groups is 1. The van der Waals surface area contributed by atoms with Gasteiger partial charge >= 0.3 is 0 Å². The van der Waals surface area contributed by atoms with Crippen molar-refractivity contribution in [3.05, 3.63) is 47.0 Å². The van der Waals surface area contributed by atoms with Gasteiger partial charge in [0.05, 0.1) is 28.2 Å². The Labute approximate surface area is 223 Å². The highest BCUT2D eigenvalue weighted by Crippen LogP contribution is 2.47. The Balaban J connectivity index is 1.59. The van der Waals surface area contributed by atoms with E-state index in [2.05, 4.69) is 5.32 Å². The predicted molar refractivity (Wildman–Crippen MR) is 148 cm³/mol. The number of amides is 1. The number of furan rings is 1. The highest BCUT2D eigenvalue weighted by Gasteiger charge is 2.35. The standard InChI is InChI=1S/C27H33N3O6S2/c1-17-8-10-19(11-9-17)24-23(26(31)28-2)22-16-21(18-12-13-18)25(29-27(22)36-24)30(37(3,32)33)14-4-6-20-7-5-15-38(20,34)35/h8-11,16,18,20H,4-7,12-15H2,1-3H3,(H,28,31). The summed E-state index contributed by atoms with van der Waals surface area (Å²) in [7, 11) is -5.27. The molecule has 1 aliphatic carbocycles. The molecule has 1 N–H and O–H groups in total. The molecule has 0 bridgehead atoms. The van der Waals surface area contributed by atoms with E-state index in [1.807, 2.05) is 37.3 Å². The van der Waals surface area contributed by atoms with Crippen LogP contribution in [-0.2, 0) is 19.9 Å². The van der Waals surface area contributed by atoms with Crippen LogP contribution in [0.15, 0.2) is 34.7 Å².